The molecule has 4 rings (SSSR count). The molecule has 2 aliphatic rings. The van der Waals surface area contributed by atoms with Gasteiger partial charge >= 0.3 is 0 Å². The summed E-state index contributed by atoms with van der Waals surface area (Å²) in [6.45, 7) is 7.89. The first-order chi connectivity index (χ1) is 14.7. The van der Waals surface area contributed by atoms with Gasteiger partial charge in [0.15, 0.2) is 0 Å². The molecule has 2 aromatic rings. The molecule has 4 heterocycles. The molecular formula is C24H34N4O2. The summed E-state index contributed by atoms with van der Waals surface area (Å²) in [5.74, 6) is 2.19. The van der Waals surface area contributed by atoms with E-state index in [1.54, 1.807) is 0 Å². The maximum atomic E-state index is 12.7. The zero-order chi connectivity index (χ0) is 20.8. The molecule has 0 radical (unpaired) electrons. The van der Waals surface area contributed by atoms with E-state index < -0.39 is 0 Å². The molecule has 0 bridgehead atoms. The minimum Gasteiger partial charge on any atom is -0.466 e. The number of pyridine rings is 1. The Labute approximate surface area is 179 Å². The second-order valence-corrected chi connectivity index (χ2v) is 8.75. The average molecular weight is 411 g/mol. The Bertz CT molecular complexity index is 799. The third kappa shape index (κ3) is 5.70. The number of aromatic nitrogens is 1. The highest BCUT2D eigenvalue weighted by Crippen LogP contribution is 2.24. The first-order valence-corrected chi connectivity index (χ1v) is 11.4. The Kier molecular flexibility index (Phi) is 7.18. The van der Waals surface area contributed by atoms with E-state index in [-0.39, 0.29) is 11.8 Å². The van der Waals surface area contributed by atoms with Crippen molar-refractivity contribution < 1.29 is 9.21 Å². The number of piperidine rings is 2. The summed E-state index contributed by atoms with van der Waals surface area (Å²) in [7, 11) is 0. The molecule has 1 atom stereocenters. The van der Waals surface area contributed by atoms with Gasteiger partial charge < -0.3 is 9.73 Å². The van der Waals surface area contributed by atoms with Crippen LogP contribution in [0.4, 0.5) is 0 Å². The predicted octanol–water partition coefficient (Wildman–Crippen LogP) is 3.02. The van der Waals surface area contributed by atoms with Crippen LogP contribution >= 0.6 is 0 Å². The first-order valence-electron chi connectivity index (χ1n) is 11.4. The van der Waals surface area contributed by atoms with E-state index >= 15 is 0 Å². The van der Waals surface area contributed by atoms with E-state index in [1.807, 2.05) is 31.5 Å². The number of furan rings is 1. The number of amides is 1. The number of nitrogens with one attached hydrogen (secondary N) is 1. The second-order valence-electron chi connectivity index (χ2n) is 8.75. The van der Waals surface area contributed by atoms with Gasteiger partial charge in [0.05, 0.1) is 5.92 Å². The molecule has 2 saturated heterocycles. The van der Waals surface area contributed by atoms with Gasteiger partial charge in [-0.1, -0.05) is 0 Å². The molecule has 6 nitrogen and oxygen atoms in total. The molecule has 30 heavy (non-hydrogen) atoms. The Morgan fingerprint density at radius 2 is 1.93 bits per heavy atom. The molecule has 1 unspecified atom stereocenters. The lowest BCUT2D eigenvalue weighted by Crippen LogP contribution is -2.50. The van der Waals surface area contributed by atoms with Crippen LogP contribution in [0.25, 0.3) is 0 Å². The molecule has 162 valence electrons. The second kappa shape index (κ2) is 10.2. The molecule has 2 fully saturated rings. The maximum absolute atomic E-state index is 12.7. The fourth-order valence-electron chi connectivity index (χ4n) is 4.81. The monoisotopic (exact) mass is 410 g/mol. The minimum atomic E-state index is 0.118. The van der Waals surface area contributed by atoms with Crippen molar-refractivity contribution in [2.45, 2.75) is 51.6 Å². The molecule has 0 saturated carbocycles. The van der Waals surface area contributed by atoms with Gasteiger partial charge in [-0.25, -0.2) is 0 Å². The third-order valence-electron chi connectivity index (χ3n) is 6.52. The van der Waals surface area contributed by atoms with Crippen LogP contribution in [0.5, 0.6) is 0 Å². The molecule has 2 aliphatic heterocycles. The van der Waals surface area contributed by atoms with Gasteiger partial charge in [-0.05, 0) is 82.1 Å². The third-order valence-corrected chi connectivity index (χ3v) is 6.52. The van der Waals surface area contributed by atoms with Crippen LogP contribution in [0.3, 0.4) is 0 Å². The van der Waals surface area contributed by atoms with Gasteiger partial charge in [0, 0.05) is 44.5 Å². The van der Waals surface area contributed by atoms with Crippen molar-refractivity contribution in [3.05, 3.63) is 53.7 Å². The lowest BCUT2D eigenvalue weighted by atomic mass is 9.93. The summed E-state index contributed by atoms with van der Waals surface area (Å²) in [4.78, 5) is 21.9. The van der Waals surface area contributed by atoms with E-state index in [2.05, 4.69) is 32.2 Å². The number of carbonyl (C=O) groups excluding carboxylic acids is 1. The first kappa shape index (κ1) is 21.1. The standard InChI is InChI=1S/C24H34N4O2/c1-19-4-5-23(30-19)8-13-26-24(29)21-3-2-14-28(18-21)22-9-15-27(16-10-22)17-20-6-11-25-12-7-20/h4-7,11-12,21-22H,2-3,8-10,13-18H2,1H3,(H,26,29). The van der Waals surface area contributed by atoms with Crippen LogP contribution < -0.4 is 5.32 Å². The highest BCUT2D eigenvalue weighted by Gasteiger charge is 2.31. The molecule has 0 spiro atoms. The number of rotatable bonds is 7. The van der Waals surface area contributed by atoms with Crippen molar-refractivity contribution >= 4 is 5.91 Å². The van der Waals surface area contributed by atoms with E-state index in [0.29, 0.717) is 12.6 Å². The van der Waals surface area contributed by atoms with E-state index in [0.717, 1.165) is 63.5 Å². The van der Waals surface area contributed by atoms with Crippen molar-refractivity contribution in [1.82, 2.24) is 20.1 Å². The quantitative estimate of drug-likeness (QED) is 0.760. The Morgan fingerprint density at radius 3 is 2.67 bits per heavy atom. The van der Waals surface area contributed by atoms with Crippen molar-refractivity contribution in [3.63, 3.8) is 0 Å². The van der Waals surface area contributed by atoms with Gasteiger partial charge in [-0.2, -0.15) is 0 Å². The Morgan fingerprint density at radius 1 is 1.13 bits per heavy atom. The summed E-state index contributed by atoms with van der Waals surface area (Å²) in [6.07, 6.45) is 9.00. The number of hydrogen-bond acceptors (Lipinski definition) is 5. The number of aryl methyl sites for hydroxylation is 1. The molecule has 0 aromatic carbocycles. The zero-order valence-corrected chi connectivity index (χ0v) is 18.1. The summed E-state index contributed by atoms with van der Waals surface area (Å²) < 4.78 is 5.59. The molecule has 0 aliphatic carbocycles. The summed E-state index contributed by atoms with van der Waals surface area (Å²) in [5.41, 5.74) is 1.34. The number of hydrogen-bond donors (Lipinski definition) is 1. The average Bonchev–Trinajstić information content (AvgIpc) is 3.20. The van der Waals surface area contributed by atoms with Gasteiger partial charge in [-0.3, -0.25) is 19.6 Å². The SMILES string of the molecule is Cc1ccc(CCNC(=O)C2CCCN(C3CCN(Cc4ccncc4)CC3)C2)o1. The summed E-state index contributed by atoms with van der Waals surface area (Å²) in [5, 5.41) is 3.13. The lowest BCUT2D eigenvalue weighted by Gasteiger charge is -2.42. The summed E-state index contributed by atoms with van der Waals surface area (Å²) in [6, 6.07) is 8.78. The predicted molar refractivity (Wildman–Crippen MR) is 117 cm³/mol. The molecular weight excluding hydrogens is 376 g/mol. The minimum absolute atomic E-state index is 0.118. The Hall–Kier alpha value is -2.18. The van der Waals surface area contributed by atoms with Gasteiger partial charge in [-0.15, -0.1) is 0 Å². The van der Waals surface area contributed by atoms with Crippen LogP contribution in [0.1, 0.15) is 42.8 Å². The van der Waals surface area contributed by atoms with Crippen LogP contribution in [0.15, 0.2) is 41.1 Å². The normalized spacial score (nSPS) is 21.6. The largest absolute Gasteiger partial charge is 0.466 e. The van der Waals surface area contributed by atoms with Crippen LogP contribution in [0, 0.1) is 12.8 Å². The molecule has 1 amide bonds. The van der Waals surface area contributed by atoms with Crippen molar-refractivity contribution in [2.24, 2.45) is 5.92 Å². The molecule has 2 aromatic heterocycles. The van der Waals surface area contributed by atoms with Gasteiger partial charge in [0.2, 0.25) is 5.91 Å². The van der Waals surface area contributed by atoms with Crippen LogP contribution in [0.2, 0.25) is 0 Å². The van der Waals surface area contributed by atoms with E-state index in [1.165, 1.54) is 18.4 Å². The van der Waals surface area contributed by atoms with Crippen LogP contribution in [-0.4, -0.2) is 59.5 Å². The number of carbonyl (C=O) groups is 1. The van der Waals surface area contributed by atoms with Crippen molar-refractivity contribution in [2.75, 3.05) is 32.7 Å². The highest BCUT2D eigenvalue weighted by atomic mass is 16.3. The van der Waals surface area contributed by atoms with Crippen LogP contribution in [-0.2, 0) is 17.8 Å². The summed E-state index contributed by atoms with van der Waals surface area (Å²) >= 11 is 0. The highest BCUT2D eigenvalue weighted by molar-refractivity contribution is 5.78. The van der Waals surface area contributed by atoms with E-state index in [9.17, 15) is 4.79 Å². The fraction of sp³-hybridized carbons (Fsp3) is 0.583. The smallest absolute Gasteiger partial charge is 0.224 e. The Balaban J connectivity index is 1.19. The molecule has 6 heteroatoms. The van der Waals surface area contributed by atoms with Gasteiger partial charge in [0.25, 0.3) is 0 Å². The van der Waals surface area contributed by atoms with Crippen molar-refractivity contribution in [1.29, 1.82) is 0 Å². The zero-order valence-electron chi connectivity index (χ0n) is 18.1. The lowest BCUT2D eigenvalue weighted by molar-refractivity contribution is -0.127. The number of likely N-dealkylation sites (tertiary alicyclic amines) is 2. The topological polar surface area (TPSA) is 61.6 Å². The van der Waals surface area contributed by atoms with Gasteiger partial charge in [0.1, 0.15) is 11.5 Å². The van der Waals surface area contributed by atoms with Crippen molar-refractivity contribution in [3.8, 4) is 0 Å². The number of nitrogens with zero attached hydrogens (tertiary/aromatic N) is 3. The molecule has 1 N–H and O–H groups in total. The van der Waals surface area contributed by atoms with E-state index in [4.69, 9.17) is 4.42 Å². The maximum Gasteiger partial charge on any atom is 0.224 e. The fourth-order valence-corrected chi connectivity index (χ4v) is 4.81.